The highest BCUT2D eigenvalue weighted by atomic mass is 16.6. The highest BCUT2D eigenvalue weighted by Gasteiger charge is 2.21. The number of benzene rings is 1. The number of carbonyl (C=O) groups excluding carboxylic acids is 2. The van der Waals surface area contributed by atoms with Crippen molar-refractivity contribution in [1.29, 1.82) is 0 Å². The first-order valence-electron chi connectivity index (χ1n) is 6.74. The van der Waals surface area contributed by atoms with Gasteiger partial charge in [-0.25, -0.2) is 4.79 Å². The monoisotopic (exact) mass is 275 g/mol. The van der Waals surface area contributed by atoms with Crippen LogP contribution in [0.15, 0.2) is 24.3 Å². The minimum absolute atomic E-state index is 0.289. The molecule has 20 heavy (non-hydrogen) atoms. The molecule has 5 heteroatoms. The lowest BCUT2D eigenvalue weighted by Gasteiger charge is -2.32. The van der Waals surface area contributed by atoms with Gasteiger partial charge in [-0.1, -0.05) is 24.3 Å². The average Bonchev–Trinajstić information content (AvgIpc) is 2.47. The van der Waals surface area contributed by atoms with Crippen LogP contribution >= 0.6 is 0 Å². The summed E-state index contributed by atoms with van der Waals surface area (Å²) in [6, 6.07) is 7.85. The van der Waals surface area contributed by atoms with Gasteiger partial charge < -0.3 is 9.64 Å². The number of ether oxygens (including phenoxy) is 1. The van der Waals surface area contributed by atoms with Crippen LogP contribution < -0.4 is 0 Å². The Bertz CT molecular complexity index is 468. The SMILES string of the molecule is Cc1ccccc1COC(=O)N1CCN(C[C]=O)CC1. The van der Waals surface area contributed by atoms with Crippen LogP contribution in [0, 0.1) is 6.92 Å². The van der Waals surface area contributed by atoms with Gasteiger partial charge >= 0.3 is 6.09 Å². The lowest BCUT2D eigenvalue weighted by Crippen LogP contribution is -2.49. The van der Waals surface area contributed by atoms with Crippen LogP contribution in [-0.2, 0) is 16.1 Å². The van der Waals surface area contributed by atoms with Crippen molar-refractivity contribution < 1.29 is 14.3 Å². The van der Waals surface area contributed by atoms with Crippen molar-refractivity contribution in [2.45, 2.75) is 13.5 Å². The van der Waals surface area contributed by atoms with Crippen LogP contribution in [-0.4, -0.2) is 54.9 Å². The Labute approximate surface area is 119 Å². The van der Waals surface area contributed by atoms with E-state index in [0.29, 0.717) is 39.3 Å². The van der Waals surface area contributed by atoms with Crippen molar-refractivity contribution in [3.05, 3.63) is 35.4 Å². The zero-order valence-electron chi connectivity index (χ0n) is 11.7. The topological polar surface area (TPSA) is 49.9 Å². The van der Waals surface area contributed by atoms with Gasteiger partial charge in [-0.15, -0.1) is 0 Å². The summed E-state index contributed by atoms with van der Waals surface area (Å²) in [5.74, 6) is 0. The molecule has 0 aliphatic carbocycles. The summed E-state index contributed by atoms with van der Waals surface area (Å²) in [7, 11) is 0. The first kappa shape index (κ1) is 14.5. The molecule has 1 radical (unpaired) electrons. The van der Waals surface area contributed by atoms with Crippen LogP contribution in [0.5, 0.6) is 0 Å². The van der Waals surface area contributed by atoms with Crippen LogP contribution in [0.25, 0.3) is 0 Å². The summed E-state index contributed by atoms with van der Waals surface area (Å²) in [5, 5.41) is 0. The maximum atomic E-state index is 12.0. The molecule has 1 fully saturated rings. The quantitative estimate of drug-likeness (QED) is 0.832. The van der Waals surface area contributed by atoms with Gasteiger partial charge in [0.05, 0.1) is 6.54 Å². The molecule has 1 aliphatic heterocycles. The molecule has 0 bridgehead atoms. The molecular formula is C15H19N2O3. The van der Waals surface area contributed by atoms with E-state index in [1.165, 1.54) is 0 Å². The van der Waals surface area contributed by atoms with Crippen LogP contribution in [0.3, 0.4) is 0 Å². The summed E-state index contributed by atoms with van der Waals surface area (Å²) >= 11 is 0. The molecule has 1 heterocycles. The second-order valence-electron chi connectivity index (χ2n) is 4.89. The van der Waals surface area contributed by atoms with E-state index < -0.39 is 0 Å². The lowest BCUT2D eigenvalue weighted by molar-refractivity contribution is 0.0747. The van der Waals surface area contributed by atoms with Crippen molar-refractivity contribution in [3.8, 4) is 0 Å². The Kier molecular flexibility index (Phi) is 5.12. The minimum Gasteiger partial charge on any atom is -0.445 e. The molecule has 1 aromatic rings. The number of aryl methyl sites for hydroxylation is 1. The van der Waals surface area contributed by atoms with Crippen molar-refractivity contribution in [2.24, 2.45) is 0 Å². The molecule has 0 N–H and O–H groups in total. The highest BCUT2D eigenvalue weighted by Crippen LogP contribution is 2.10. The molecule has 1 aliphatic rings. The number of rotatable bonds is 4. The second-order valence-corrected chi connectivity index (χ2v) is 4.89. The highest BCUT2D eigenvalue weighted by molar-refractivity contribution is 5.67. The van der Waals surface area contributed by atoms with Crippen LogP contribution in [0.4, 0.5) is 4.79 Å². The number of hydrogen-bond acceptors (Lipinski definition) is 4. The van der Waals surface area contributed by atoms with Gasteiger partial charge in [0.15, 0.2) is 0 Å². The average molecular weight is 275 g/mol. The third-order valence-electron chi connectivity index (χ3n) is 3.53. The van der Waals surface area contributed by atoms with Gasteiger partial charge in [0, 0.05) is 26.2 Å². The smallest absolute Gasteiger partial charge is 0.410 e. The van der Waals surface area contributed by atoms with Gasteiger partial charge in [0.25, 0.3) is 0 Å². The predicted molar refractivity (Wildman–Crippen MR) is 75.1 cm³/mol. The first-order valence-corrected chi connectivity index (χ1v) is 6.74. The fourth-order valence-electron chi connectivity index (χ4n) is 2.18. The maximum Gasteiger partial charge on any atom is 0.410 e. The van der Waals surface area contributed by atoms with E-state index in [1.54, 1.807) is 4.90 Å². The van der Waals surface area contributed by atoms with Crippen molar-refractivity contribution in [2.75, 3.05) is 32.7 Å². The van der Waals surface area contributed by atoms with Gasteiger partial charge in [-0.2, -0.15) is 0 Å². The summed E-state index contributed by atoms with van der Waals surface area (Å²) < 4.78 is 5.33. The zero-order valence-corrected chi connectivity index (χ0v) is 11.7. The zero-order chi connectivity index (χ0) is 14.4. The van der Waals surface area contributed by atoms with E-state index in [1.807, 2.05) is 42.4 Å². The van der Waals surface area contributed by atoms with Crippen molar-refractivity contribution in [3.63, 3.8) is 0 Å². The second kappa shape index (κ2) is 7.05. The molecule has 0 aromatic heterocycles. The molecule has 0 atom stereocenters. The van der Waals surface area contributed by atoms with Gasteiger partial charge in [0.2, 0.25) is 6.29 Å². The van der Waals surface area contributed by atoms with E-state index >= 15 is 0 Å². The molecule has 1 amide bonds. The molecule has 0 spiro atoms. The Balaban J connectivity index is 1.79. The van der Waals surface area contributed by atoms with Gasteiger partial charge in [-0.3, -0.25) is 9.69 Å². The van der Waals surface area contributed by atoms with E-state index in [9.17, 15) is 9.59 Å². The largest absolute Gasteiger partial charge is 0.445 e. The van der Waals surface area contributed by atoms with E-state index in [0.717, 1.165) is 11.1 Å². The third kappa shape index (κ3) is 3.81. The van der Waals surface area contributed by atoms with Crippen molar-refractivity contribution >= 4 is 12.4 Å². The molecule has 2 rings (SSSR count). The number of amides is 1. The summed E-state index contributed by atoms with van der Waals surface area (Å²) in [5.41, 5.74) is 2.14. The molecule has 5 nitrogen and oxygen atoms in total. The van der Waals surface area contributed by atoms with Gasteiger partial charge in [-0.05, 0) is 18.1 Å². The number of hydrogen-bond donors (Lipinski definition) is 0. The Morgan fingerprint density at radius 3 is 2.60 bits per heavy atom. The molecule has 0 unspecified atom stereocenters. The number of carbonyl (C=O) groups is 1. The standard InChI is InChI=1S/C15H19N2O3/c1-13-4-2-3-5-14(13)12-20-15(19)17-8-6-16(7-9-17)10-11-18/h2-5H,6-10,12H2,1H3. The molecule has 1 saturated heterocycles. The van der Waals surface area contributed by atoms with E-state index in [4.69, 9.17) is 4.74 Å². The Hall–Kier alpha value is -1.88. The fraction of sp³-hybridized carbons (Fsp3) is 0.467. The summed E-state index contributed by atoms with van der Waals surface area (Å²) in [6.07, 6.45) is 1.59. The molecule has 0 saturated carbocycles. The fourth-order valence-corrected chi connectivity index (χ4v) is 2.18. The van der Waals surface area contributed by atoms with Crippen LogP contribution in [0.2, 0.25) is 0 Å². The number of nitrogens with zero attached hydrogens (tertiary/aromatic N) is 2. The molecule has 1 aromatic carbocycles. The van der Waals surface area contributed by atoms with Crippen molar-refractivity contribution in [1.82, 2.24) is 9.80 Å². The van der Waals surface area contributed by atoms with Gasteiger partial charge in [0.1, 0.15) is 6.61 Å². The Morgan fingerprint density at radius 1 is 1.25 bits per heavy atom. The predicted octanol–water partition coefficient (Wildman–Crippen LogP) is 1.36. The molecule has 107 valence electrons. The first-order chi connectivity index (χ1) is 9.70. The lowest BCUT2D eigenvalue weighted by atomic mass is 10.1. The van der Waals surface area contributed by atoms with E-state index in [2.05, 4.69) is 0 Å². The summed E-state index contributed by atoms with van der Waals surface area (Å²) in [4.78, 5) is 25.9. The maximum absolute atomic E-state index is 12.0. The number of piperazine rings is 1. The minimum atomic E-state index is -0.289. The normalized spacial score (nSPS) is 15.9. The summed E-state index contributed by atoms with van der Waals surface area (Å²) in [6.45, 7) is 5.17. The van der Waals surface area contributed by atoms with E-state index in [-0.39, 0.29) is 6.09 Å². The van der Waals surface area contributed by atoms with Crippen LogP contribution in [0.1, 0.15) is 11.1 Å². The third-order valence-corrected chi connectivity index (χ3v) is 3.53. The molecular weight excluding hydrogens is 256 g/mol. The Morgan fingerprint density at radius 2 is 1.95 bits per heavy atom.